The minimum Gasteiger partial charge on any atom is -0.207 e. The minimum absolute atomic E-state index is 0.0532. The summed E-state index contributed by atoms with van der Waals surface area (Å²) in [5, 5.41) is 8.87. The van der Waals surface area contributed by atoms with E-state index in [2.05, 4.69) is 0 Å². The maximum atomic E-state index is 10.9. The summed E-state index contributed by atoms with van der Waals surface area (Å²) in [7, 11) is 1.20. The molecule has 68 valence electrons. The molecular formula is C7H3Cl2NO2S. The van der Waals surface area contributed by atoms with Gasteiger partial charge in [0.05, 0.1) is 5.56 Å². The van der Waals surface area contributed by atoms with Crippen LogP contribution in [0.1, 0.15) is 5.56 Å². The second kappa shape index (κ2) is 3.54. The highest BCUT2D eigenvalue weighted by molar-refractivity contribution is 8.13. The third-order valence-corrected chi connectivity index (χ3v) is 2.94. The number of rotatable bonds is 1. The number of hydrogen-bond donors (Lipinski definition) is 0. The van der Waals surface area contributed by atoms with E-state index < -0.39 is 9.05 Å². The molecule has 0 atom stereocenters. The minimum atomic E-state index is -3.87. The van der Waals surface area contributed by atoms with Crippen molar-refractivity contribution < 1.29 is 8.42 Å². The Labute approximate surface area is 84.9 Å². The van der Waals surface area contributed by atoms with Crippen LogP contribution in [0.2, 0.25) is 5.02 Å². The van der Waals surface area contributed by atoms with Crippen LogP contribution < -0.4 is 0 Å². The van der Waals surface area contributed by atoms with Crippen LogP contribution in [0.4, 0.5) is 0 Å². The summed E-state index contributed by atoms with van der Waals surface area (Å²) < 4.78 is 21.8. The van der Waals surface area contributed by atoms with Crippen molar-refractivity contribution in [1.82, 2.24) is 0 Å². The molecule has 0 aliphatic carbocycles. The molecule has 0 saturated carbocycles. The molecule has 0 heterocycles. The standard InChI is InChI=1S/C7H3Cl2NO2S/c8-6-1-2-7(13(9,11)12)5(3-6)4-10/h1-3H. The maximum absolute atomic E-state index is 10.9. The first-order valence-corrected chi connectivity index (χ1v) is 5.78. The summed E-state index contributed by atoms with van der Waals surface area (Å²) in [5.41, 5.74) is -0.0532. The molecule has 0 N–H and O–H groups in total. The topological polar surface area (TPSA) is 57.9 Å². The Morgan fingerprint density at radius 3 is 2.46 bits per heavy atom. The highest BCUT2D eigenvalue weighted by Gasteiger charge is 2.15. The summed E-state index contributed by atoms with van der Waals surface area (Å²) in [6.07, 6.45) is 0. The predicted molar refractivity (Wildman–Crippen MR) is 49.2 cm³/mol. The molecule has 0 amide bonds. The zero-order valence-electron chi connectivity index (χ0n) is 6.16. The van der Waals surface area contributed by atoms with E-state index in [1.165, 1.54) is 18.2 Å². The molecule has 0 aliphatic rings. The number of benzene rings is 1. The molecule has 0 saturated heterocycles. The van der Waals surface area contributed by atoms with Gasteiger partial charge in [0.15, 0.2) is 0 Å². The number of hydrogen-bond acceptors (Lipinski definition) is 3. The molecule has 6 heteroatoms. The summed E-state index contributed by atoms with van der Waals surface area (Å²) >= 11 is 5.56. The third kappa shape index (κ3) is 2.34. The van der Waals surface area contributed by atoms with Crippen LogP contribution in [-0.2, 0) is 9.05 Å². The molecule has 1 rings (SSSR count). The zero-order chi connectivity index (χ0) is 10.1. The lowest BCUT2D eigenvalue weighted by atomic mass is 10.2. The highest BCUT2D eigenvalue weighted by Crippen LogP contribution is 2.22. The van der Waals surface area contributed by atoms with Crippen molar-refractivity contribution in [3.05, 3.63) is 28.8 Å². The van der Waals surface area contributed by atoms with Gasteiger partial charge >= 0.3 is 0 Å². The van der Waals surface area contributed by atoms with Crippen LogP contribution in [-0.4, -0.2) is 8.42 Å². The third-order valence-electron chi connectivity index (χ3n) is 1.32. The Morgan fingerprint density at radius 1 is 1.38 bits per heavy atom. The first-order valence-electron chi connectivity index (χ1n) is 3.09. The van der Waals surface area contributed by atoms with Crippen molar-refractivity contribution in [3.8, 4) is 6.07 Å². The van der Waals surface area contributed by atoms with E-state index in [0.717, 1.165) is 0 Å². The van der Waals surface area contributed by atoms with Gasteiger partial charge in [-0.2, -0.15) is 5.26 Å². The van der Waals surface area contributed by atoms with Crippen LogP contribution in [0.5, 0.6) is 0 Å². The van der Waals surface area contributed by atoms with Crippen LogP contribution >= 0.6 is 22.3 Å². The molecule has 0 radical (unpaired) electrons. The second-order valence-electron chi connectivity index (χ2n) is 2.19. The molecule has 1 aromatic rings. The predicted octanol–water partition coefficient (Wildman–Crippen LogP) is 2.14. The van der Waals surface area contributed by atoms with Crippen molar-refractivity contribution in [3.63, 3.8) is 0 Å². The van der Waals surface area contributed by atoms with Gasteiger partial charge < -0.3 is 0 Å². The monoisotopic (exact) mass is 235 g/mol. The molecule has 13 heavy (non-hydrogen) atoms. The van der Waals surface area contributed by atoms with Crippen molar-refractivity contribution in [2.75, 3.05) is 0 Å². The fraction of sp³-hybridized carbons (Fsp3) is 0. The van der Waals surface area contributed by atoms with Gasteiger partial charge in [0, 0.05) is 15.7 Å². The molecule has 3 nitrogen and oxygen atoms in total. The van der Waals surface area contributed by atoms with Crippen LogP contribution in [0, 0.1) is 11.3 Å². The molecule has 0 bridgehead atoms. The first-order chi connectivity index (χ1) is 5.95. The Hall–Kier alpha value is -0.760. The summed E-state index contributed by atoms with van der Waals surface area (Å²) in [6, 6.07) is 5.50. The van der Waals surface area contributed by atoms with Crippen LogP contribution in [0.3, 0.4) is 0 Å². The van der Waals surface area contributed by atoms with E-state index in [4.69, 9.17) is 27.5 Å². The van der Waals surface area contributed by atoms with E-state index in [-0.39, 0.29) is 10.5 Å². The Kier molecular flexibility index (Phi) is 2.81. The zero-order valence-corrected chi connectivity index (χ0v) is 8.49. The smallest absolute Gasteiger partial charge is 0.207 e. The summed E-state index contributed by atoms with van der Waals surface area (Å²) in [6.45, 7) is 0. The van der Waals surface area contributed by atoms with E-state index in [0.29, 0.717) is 5.02 Å². The first kappa shape index (κ1) is 10.3. The average Bonchev–Trinajstić information content (AvgIpc) is 2.01. The van der Waals surface area contributed by atoms with Gasteiger partial charge in [-0.25, -0.2) is 8.42 Å². The number of nitrogens with zero attached hydrogens (tertiary/aromatic N) is 1. The summed E-state index contributed by atoms with van der Waals surface area (Å²) in [5.74, 6) is 0. The Balaban J connectivity index is 3.50. The average molecular weight is 236 g/mol. The highest BCUT2D eigenvalue weighted by atomic mass is 35.7. The Bertz CT molecular complexity index is 476. The van der Waals surface area contributed by atoms with Gasteiger partial charge in [-0.05, 0) is 18.2 Å². The van der Waals surface area contributed by atoms with Crippen LogP contribution in [0.25, 0.3) is 0 Å². The molecule has 0 aliphatic heterocycles. The lowest BCUT2D eigenvalue weighted by Crippen LogP contribution is -1.94. The lowest BCUT2D eigenvalue weighted by Gasteiger charge is -1.98. The van der Waals surface area contributed by atoms with E-state index in [1.807, 2.05) is 0 Å². The molecule has 1 aromatic carbocycles. The van der Waals surface area contributed by atoms with Gasteiger partial charge in [-0.3, -0.25) is 0 Å². The van der Waals surface area contributed by atoms with Crippen molar-refractivity contribution in [2.45, 2.75) is 4.90 Å². The SMILES string of the molecule is N#Cc1cc(Cl)ccc1S(=O)(=O)Cl. The van der Waals surface area contributed by atoms with E-state index >= 15 is 0 Å². The van der Waals surface area contributed by atoms with Crippen molar-refractivity contribution >= 4 is 31.3 Å². The van der Waals surface area contributed by atoms with E-state index in [1.54, 1.807) is 6.07 Å². The van der Waals surface area contributed by atoms with E-state index in [9.17, 15) is 8.42 Å². The fourth-order valence-electron chi connectivity index (χ4n) is 0.802. The van der Waals surface area contributed by atoms with Gasteiger partial charge in [0.2, 0.25) is 0 Å². The second-order valence-corrected chi connectivity index (χ2v) is 5.16. The molecule has 0 fully saturated rings. The van der Waals surface area contributed by atoms with Gasteiger partial charge in [0.25, 0.3) is 9.05 Å². The van der Waals surface area contributed by atoms with Crippen molar-refractivity contribution in [2.24, 2.45) is 0 Å². The number of nitriles is 1. The Morgan fingerprint density at radius 2 is 2.00 bits per heavy atom. The van der Waals surface area contributed by atoms with Gasteiger partial charge in [-0.1, -0.05) is 11.6 Å². The maximum Gasteiger partial charge on any atom is 0.262 e. The molecule has 0 unspecified atom stereocenters. The fourth-order valence-corrected chi connectivity index (χ4v) is 1.98. The van der Waals surface area contributed by atoms with Crippen molar-refractivity contribution in [1.29, 1.82) is 5.26 Å². The lowest BCUT2D eigenvalue weighted by molar-refractivity contribution is 0.609. The quantitative estimate of drug-likeness (QED) is 0.702. The van der Waals surface area contributed by atoms with Gasteiger partial charge in [0.1, 0.15) is 11.0 Å². The largest absolute Gasteiger partial charge is 0.262 e. The molecule has 0 aromatic heterocycles. The van der Waals surface area contributed by atoms with Crippen LogP contribution in [0.15, 0.2) is 23.1 Å². The van der Waals surface area contributed by atoms with Gasteiger partial charge in [-0.15, -0.1) is 0 Å². The molecule has 0 spiro atoms. The molecular weight excluding hydrogens is 233 g/mol. The normalized spacial score (nSPS) is 10.8. The summed E-state index contributed by atoms with van der Waals surface area (Å²) in [4.78, 5) is -0.221. The number of halogens is 2.